The predicted molar refractivity (Wildman–Crippen MR) is 71.1 cm³/mol. The number of halogens is 1. The van der Waals surface area contributed by atoms with Crippen molar-refractivity contribution in [3.8, 4) is 0 Å². The summed E-state index contributed by atoms with van der Waals surface area (Å²) in [6.45, 7) is 0. The van der Waals surface area contributed by atoms with Crippen LogP contribution >= 0.6 is 11.3 Å². The van der Waals surface area contributed by atoms with Crippen LogP contribution in [-0.2, 0) is 11.8 Å². The predicted octanol–water partition coefficient (Wildman–Crippen LogP) is 2.46. The minimum atomic E-state index is -0.232. The number of amides is 1. The molecule has 1 fully saturated rings. The largest absolute Gasteiger partial charge is 0.327 e. The van der Waals surface area contributed by atoms with Gasteiger partial charge >= 0.3 is 0 Å². The molecule has 19 heavy (non-hydrogen) atoms. The normalized spacial score (nSPS) is 22.5. The summed E-state index contributed by atoms with van der Waals surface area (Å²) in [5.74, 6) is -0.558. The lowest BCUT2D eigenvalue weighted by atomic mass is 10.1. The number of carbonyl (C=O) groups excluding carboxylic acids is 1. The smallest absolute Gasteiger partial charge is 0.252 e. The second kappa shape index (κ2) is 4.74. The van der Waals surface area contributed by atoms with Crippen molar-refractivity contribution in [2.24, 2.45) is 18.0 Å². The minimum Gasteiger partial charge on any atom is -0.327 e. The lowest BCUT2D eigenvalue weighted by Gasteiger charge is -1.99. The maximum absolute atomic E-state index is 13.6. The summed E-state index contributed by atoms with van der Waals surface area (Å²) in [6.07, 6.45) is 2.55. The molecular weight excluding hydrogens is 263 g/mol. The Bertz CT molecular complexity index is 689. The second-order valence-electron chi connectivity index (χ2n) is 4.72. The molecule has 1 aliphatic carbocycles. The summed E-state index contributed by atoms with van der Waals surface area (Å²) in [5.41, 5.74) is 0.631. The fraction of sp³-hybridized carbons (Fsp3) is 0.286. The molecule has 1 saturated carbocycles. The summed E-state index contributed by atoms with van der Waals surface area (Å²) in [5, 5.41) is 1.88. The molecule has 3 rings (SSSR count). The van der Waals surface area contributed by atoms with Crippen molar-refractivity contribution in [3.05, 3.63) is 52.0 Å². The molecule has 2 atom stereocenters. The van der Waals surface area contributed by atoms with Crippen molar-refractivity contribution in [2.45, 2.75) is 12.3 Å². The maximum Gasteiger partial charge on any atom is 0.252 e. The monoisotopic (exact) mass is 276 g/mol. The number of aromatic nitrogens is 1. The zero-order valence-corrected chi connectivity index (χ0v) is 11.2. The maximum atomic E-state index is 13.6. The van der Waals surface area contributed by atoms with Gasteiger partial charge in [0.05, 0.1) is 0 Å². The van der Waals surface area contributed by atoms with Crippen LogP contribution in [-0.4, -0.2) is 10.5 Å². The molecule has 1 aliphatic rings. The first-order chi connectivity index (χ1) is 9.16. The molecular formula is C14H13FN2OS. The van der Waals surface area contributed by atoms with Crippen LogP contribution in [0.1, 0.15) is 17.9 Å². The van der Waals surface area contributed by atoms with E-state index in [2.05, 4.69) is 4.99 Å². The third kappa shape index (κ3) is 2.38. The number of rotatable bonds is 2. The SMILES string of the molecule is Cn1ccsc1=NC(=O)C1CC1c1ccccc1F. The van der Waals surface area contributed by atoms with Crippen LogP contribution in [0.4, 0.5) is 4.39 Å². The number of carbonyl (C=O) groups is 1. The molecule has 1 heterocycles. The highest BCUT2D eigenvalue weighted by molar-refractivity contribution is 7.07. The van der Waals surface area contributed by atoms with Crippen molar-refractivity contribution < 1.29 is 9.18 Å². The highest BCUT2D eigenvalue weighted by Crippen LogP contribution is 2.48. The molecule has 98 valence electrons. The van der Waals surface area contributed by atoms with Gasteiger partial charge < -0.3 is 4.57 Å². The molecule has 0 bridgehead atoms. The molecule has 1 aromatic heterocycles. The second-order valence-corrected chi connectivity index (χ2v) is 5.59. The summed E-state index contributed by atoms with van der Waals surface area (Å²) in [6, 6.07) is 6.65. The summed E-state index contributed by atoms with van der Waals surface area (Å²) >= 11 is 1.42. The Kier molecular flexibility index (Phi) is 3.06. The zero-order chi connectivity index (χ0) is 13.4. The van der Waals surface area contributed by atoms with Crippen molar-refractivity contribution in [2.75, 3.05) is 0 Å². The first kappa shape index (κ1) is 12.3. The van der Waals surface area contributed by atoms with Crippen molar-refractivity contribution in [3.63, 3.8) is 0 Å². The molecule has 2 unspecified atom stereocenters. The number of thiazole rings is 1. The van der Waals surface area contributed by atoms with E-state index in [1.54, 1.807) is 18.2 Å². The fourth-order valence-corrected chi connectivity index (χ4v) is 2.93. The third-order valence-electron chi connectivity index (χ3n) is 3.38. The molecule has 1 aromatic carbocycles. The average molecular weight is 276 g/mol. The number of hydrogen-bond donors (Lipinski definition) is 0. The topological polar surface area (TPSA) is 34.4 Å². The molecule has 0 aliphatic heterocycles. The fourth-order valence-electron chi connectivity index (χ4n) is 2.20. The van der Waals surface area contributed by atoms with Crippen LogP contribution in [0.5, 0.6) is 0 Å². The van der Waals surface area contributed by atoms with E-state index in [1.165, 1.54) is 17.4 Å². The first-order valence-electron chi connectivity index (χ1n) is 6.10. The zero-order valence-electron chi connectivity index (χ0n) is 10.4. The van der Waals surface area contributed by atoms with E-state index >= 15 is 0 Å². The number of nitrogens with zero attached hydrogens (tertiary/aromatic N) is 2. The summed E-state index contributed by atoms with van der Waals surface area (Å²) < 4.78 is 15.4. The van der Waals surface area contributed by atoms with E-state index in [-0.39, 0.29) is 23.6 Å². The molecule has 0 radical (unpaired) electrons. The van der Waals surface area contributed by atoms with Gasteiger partial charge in [-0.2, -0.15) is 4.99 Å². The van der Waals surface area contributed by atoms with E-state index in [0.29, 0.717) is 16.8 Å². The number of aryl methyl sites for hydroxylation is 1. The quantitative estimate of drug-likeness (QED) is 0.829. The van der Waals surface area contributed by atoms with Gasteiger partial charge in [0, 0.05) is 24.5 Å². The van der Waals surface area contributed by atoms with E-state index < -0.39 is 0 Å². The van der Waals surface area contributed by atoms with Crippen LogP contribution in [0.3, 0.4) is 0 Å². The first-order valence-corrected chi connectivity index (χ1v) is 6.98. The molecule has 1 amide bonds. The summed E-state index contributed by atoms with van der Waals surface area (Å²) in [7, 11) is 1.85. The van der Waals surface area contributed by atoms with E-state index in [0.717, 1.165) is 0 Å². The highest BCUT2D eigenvalue weighted by atomic mass is 32.1. The van der Waals surface area contributed by atoms with Crippen LogP contribution in [0.15, 0.2) is 40.8 Å². The number of benzene rings is 1. The van der Waals surface area contributed by atoms with Gasteiger partial charge in [0.25, 0.3) is 5.91 Å². The van der Waals surface area contributed by atoms with Gasteiger partial charge in [-0.3, -0.25) is 4.79 Å². The van der Waals surface area contributed by atoms with Gasteiger partial charge in [0.15, 0.2) is 4.80 Å². The van der Waals surface area contributed by atoms with Gasteiger partial charge in [0.2, 0.25) is 0 Å². The van der Waals surface area contributed by atoms with E-state index in [9.17, 15) is 9.18 Å². The van der Waals surface area contributed by atoms with Crippen LogP contribution in [0, 0.1) is 11.7 Å². The van der Waals surface area contributed by atoms with Gasteiger partial charge in [-0.15, -0.1) is 11.3 Å². The van der Waals surface area contributed by atoms with Gasteiger partial charge in [-0.05, 0) is 24.0 Å². The molecule has 2 aromatic rings. The van der Waals surface area contributed by atoms with Gasteiger partial charge in [-0.25, -0.2) is 4.39 Å². The lowest BCUT2D eigenvalue weighted by molar-refractivity contribution is -0.119. The Hall–Kier alpha value is -1.75. The standard InChI is InChI=1S/C14H13FN2OS/c1-17-6-7-19-14(17)16-13(18)11-8-10(11)9-4-2-3-5-12(9)15/h2-7,10-11H,8H2,1H3. The van der Waals surface area contributed by atoms with Crippen LogP contribution < -0.4 is 4.80 Å². The van der Waals surface area contributed by atoms with E-state index in [1.807, 2.05) is 23.2 Å². The van der Waals surface area contributed by atoms with Gasteiger partial charge in [0.1, 0.15) is 5.82 Å². The van der Waals surface area contributed by atoms with Crippen LogP contribution in [0.25, 0.3) is 0 Å². The molecule has 0 N–H and O–H groups in total. The lowest BCUT2D eigenvalue weighted by Crippen LogP contribution is -2.13. The van der Waals surface area contributed by atoms with Crippen LogP contribution in [0.2, 0.25) is 0 Å². The Morgan fingerprint density at radius 3 is 2.95 bits per heavy atom. The Labute approximate surface area is 114 Å². The highest BCUT2D eigenvalue weighted by Gasteiger charge is 2.45. The Morgan fingerprint density at radius 1 is 1.47 bits per heavy atom. The third-order valence-corrected chi connectivity index (χ3v) is 4.23. The van der Waals surface area contributed by atoms with Gasteiger partial charge in [-0.1, -0.05) is 18.2 Å². The minimum absolute atomic E-state index is 0.0114. The Balaban J connectivity index is 1.79. The average Bonchev–Trinajstić information content (AvgIpc) is 3.09. The molecule has 3 nitrogen and oxygen atoms in total. The van der Waals surface area contributed by atoms with Crippen molar-refractivity contribution in [1.29, 1.82) is 0 Å². The van der Waals surface area contributed by atoms with E-state index in [4.69, 9.17) is 0 Å². The molecule has 0 spiro atoms. The molecule has 5 heteroatoms. The Morgan fingerprint density at radius 2 is 2.26 bits per heavy atom. The molecule has 0 saturated heterocycles. The summed E-state index contributed by atoms with van der Waals surface area (Å²) in [4.78, 5) is 16.8. The number of hydrogen-bond acceptors (Lipinski definition) is 2. The van der Waals surface area contributed by atoms with Crippen molar-refractivity contribution in [1.82, 2.24) is 4.57 Å². The van der Waals surface area contributed by atoms with Crippen molar-refractivity contribution >= 4 is 17.2 Å².